The molecule has 0 saturated heterocycles. The maximum atomic E-state index is 8.26. The number of pyridine rings is 1. The van der Waals surface area contributed by atoms with E-state index >= 15 is 0 Å². The first-order valence-electron chi connectivity index (χ1n) is 19.7. The second kappa shape index (κ2) is 14.8. The van der Waals surface area contributed by atoms with Crippen molar-refractivity contribution in [1.82, 2.24) is 4.98 Å². The molecule has 1 aliphatic rings. The van der Waals surface area contributed by atoms with Gasteiger partial charge in [-0.3, -0.25) is 15.8 Å². The monoisotopic (exact) mass is 754 g/mol. The highest BCUT2D eigenvalue weighted by atomic mass is 14.6. The lowest BCUT2D eigenvalue weighted by atomic mass is 9.84. The molecule has 1 heterocycles. The van der Waals surface area contributed by atoms with Gasteiger partial charge in [0.15, 0.2) is 0 Å². The molecule has 4 heteroatoms. The van der Waals surface area contributed by atoms with Crippen molar-refractivity contribution in [3.63, 3.8) is 0 Å². The summed E-state index contributed by atoms with van der Waals surface area (Å²) in [6, 6.07) is 64.1. The number of anilines is 1. The van der Waals surface area contributed by atoms with Crippen LogP contribution < -0.4 is 5.73 Å². The van der Waals surface area contributed by atoms with Crippen molar-refractivity contribution in [3.05, 3.63) is 212 Å². The Bertz CT molecular complexity index is 3370. The summed E-state index contributed by atoms with van der Waals surface area (Å²) in [7, 11) is 0. The topological polar surface area (TPSA) is 86.6 Å². The Labute approximate surface area is 342 Å². The summed E-state index contributed by atoms with van der Waals surface area (Å²) in [5, 5.41) is 27.1. The van der Waals surface area contributed by atoms with Crippen molar-refractivity contribution in [1.29, 1.82) is 10.8 Å². The lowest BCUT2D eigenvalue weighted by Gasteiger charge is -2.20. The Kier molecular flexibility index (Phi) is 8.93. The molecule has 11 rings (SSSR count). The molecule has 10 aromatic rings. The molecule has 1 aliphatic carbocycles. The lowest BCUT2D eigenvalue weighted by molar-refractivity contribution is 1.41. The summed E-state index contributed by atoms with van der Waals surface area (Å²) in [5.74, 6) is 0. The maximum Gasteiger partial charge on any atom is 0.0795 e. The van der Waals surface area contributed by atoms with E-state index in [9.17, 15) is 0 Å². The molecule has 4 N–H and O–H groups in total. The minimum absolute atomic E-state index is 0.234. The third-order valence-electron chi connectivity index (χ3n) is 11.3. The predicted octanol–water partition coefficient (Wildman–Crippen LogP) is 14.1. The third kappa shape index (κ3) is 6.73. The number of nitrogen functional groups attached to an aromatic ring is 1. The minimum Gasteiger partial charge on any atom is -0.399 e. The second-order valence-corrected chi connectivity index (χ2v) is 15.0. The van der Waals surface area contributed by atoms with Gasteiger partial charge in [-0.1, -0.05) is 146 Å². The molecule has 0 aliphatic heterocycles. The fourth-order valence-corrected chi connectivity index (χ4v) is 8.30. The SMILES string of the molecule is N=C1C=CC(c2ccc3c(-c4ccc5ccccc5c4)c4ccccc4c(-c4ccc5ccccc5c4)c3c2)=CC1=N.Nc1ccc(-c2cnc3ccccc3c2)cc1. The zero-order valence-electron chi connectivity index (χ0n) is 32.2. The van der Waals surface area contributed by atoms with Crippen LogP contribution in [-0.4, -0.2) is 16.4 Å². The number of benzene rings is 9. The van der Waals surface area contributed by atoms with Gasteiger partial charge >= 0.3 is 0 Å². The molecule has 0 fully saturated rings. The molecule has 278 valence electrons. The Hall–Kier alpha value is -7.95. The highest BCUT2D eigenvalue weighted by Crippen LogP contribution is 2.45. The first-order chi connectivity index (χ1) is 29.0. The van der Waals surface area contributed by atoms with E-state index in [-0.39, 0.29) is 11.4 Å². The average Bonchev–Trinajstić information content (AvgIpc) is 3.29. The van der Waals surface area contributed by atoms with Crippen LogP contribution >= 0.6 is 0 Å². The Morgan fingerprint density at radius 1 is 0.373 bits per heavy atom. The zero-order valence-corrected chi connectivity index (χ0v) is 32.2. The van der Waals surface area contributed by atoms with Crippen LogP contribution in [0.5, 0.6) is 0 Å². The molecule has 9 aromatic carbocycles. The first kappa shape index (κ1) is 35.5. The normalized spacial score (nSPS) is 12.6. The van der Waals surface area contributed by atoms with Crippen molar-refractivity contribution in [2.75, 3.05) is 5.73 Å². The van der Waals surface area contributed by atoms with E-state index in [4.69, 9.17) is 16.6 Å². The van der Waals surface area contributed by atoms with E-state index in [1.54, 1.807) is 12.2 Å². The highest BCUT2D eigenvalue weighted by molar-refractivity contribution is 6.50. The van der Waals surface area contributed by atoms with Crippen LogP contribution in [0, 0.1) is 10.8 Å². The standard InChI is InChI=1S/C40H26N2.C15H12N2/c41-37-20-18-30(24-38(37)42)29-17-19-35-36(23-29)40(32-16-14-26-8-2-4-10-28(26)22-32)34-12-6-5-11-33(34)39(35)31-15-13-25-7-1-3-9-27(25)21-31;16-14-7-5-11(6-8-14)13-9-12-3-1-2-4-15(12)17-10-13/h1-24,41-42H;1-10H,16H2. The van der Waals surface area contributed by atoms with Gasteiger partial charge in [0.05, 0.1) is 16.9 Å². The average molecular weight is 755 g/mol. The van der Waals surface area contributed by atoms with Gasteiger partial charge in [-0.2, -0.15) is 0 Å². The van der Waals surface area contributed by atoms with E-state index in [0.717, 1.165) is 38.9 Å². The van der Waals surface area contributed by atoms with E-state index in [1.807, 2.05) is 54.7 Å². The number of nitrogens with one attached hydrogen (secondary N) is 2. The molecule has 1 aromatic heterocycles. The number of hydrogen-bond donors (Lipinski definition) is 3. The van der Waals surface area contributed by atoms with Crippen LogP contribution in [0.25, 0.3) is 92.9 Å². The molecular weight excluding hydrogens is 717 g/mol. The number of aromatic nitrogens is 1. The van der Waals surface area contributed by atoms with Gasteiger partial charge in [0, 0.05) is 22.8 Å². The van der Waals surface area contributed by atoms with Crippen molar-refractivity contribution in [2.45, 2.75) is 0 Å². The number of allylic oxidation sites excluding steroid dienone is 4. The van der Waals surface area contributed by atoms with E-state index in [2.05, 4.69) is 145 Å². The summed E-state index contributed by atoms with van der Waals surface area (Å²) in [4.78, 5) is 4.45. The third-order valence-corrected chi connectivity index (χ3v) is 11.3. The van der Waals surface area contributed by atoms with Gasteiger partial charge in [0.25, 0.3) is 0 Å². The van der Waals surface area contributed by atoms with Gasteiger partial charge in [-0.15, -0.1) is 0 Å². The van der Waals surface area contributed by atoms with Crippen LogP contribution in [0.2, 0.25) is 0 Å². The van der Waals surface area contributed by atoms with Gasteiger partial charge in [0.2, 0.25) is 0 Å². The van der Waals surface area contributed by atoms with E-state index in [1.165, 1.54) is 65.3 Å². The molecule has 0 spiro atoms. The maximum absolute atomic E-state index is 8.26. The second-order valence-electron chi connectivity index (χ2n) is 15.0. The fourth-order valence-electron chi connectivity index (χ4n) is 8.30. The van der Waals surface area contributed by atoms with Gasteiger partial charge in [0.1, 0.15) is 0 Å². The van der Waals surface area contributed by atoms with Crippen LogP contribution in [0.4, 0.5) is 5.69 Å². The smallest absolute Gasteiger partial charge is 0.0795 e. The Balaban J connectivity index is 0.000000206. The van der Waals surface area contributed by atoms with Crippen LogP contribution in [0.15, 0.2) is 206 Å². The minimum atomic E-state index is 0.234. The largest absolute Gasteiger partial charge is 0.399 e. The number of nitrogens with two attached hydrogens (primary N) is 1. The quantitative estimate of drug-likeness (QED) is 0.0949. The highest BCUT2D eigenvalue weighted by Gasteiger charge is 2.19. The van der Waals surface area contributed by atoms with E-state index < -0.39 is 0 Å². The Morgan fingerprint density at radius 2 is 0.881 bits per heavy atom. The van der Waals surface area contributed by atoms with E-state index in [0.29, 0.717) is 0 Å². The summed E-state index contributed by atoms with van der Waals surface area (Å²) in [6.07, 6.45) is 7.36. The fraction of sp³-hybridized carbons (Fsp3) is 0. The van der Waals surface area contributed by atoms with Gasteiger partial charge in [-0.25, -0.2) is 0 Å². The molecular formula is C55H38N4. The van der Waals surface area contributed by atoms with Crippen LogP contribution in [-0.2, 0) is 0 Å². The molecule has 4 nitrogen and oxygen atoms in total. The van der Waals surface area contributed by atoms with Gasteiger partial charge in [-0.05, 0) is 137 Å². The number of para-hydroxylation sites is 1. The molecule has 59 heavy (non-hydrogen) atoms. The number of rotatable bonds is 4. The Morgan fingerprint density at radius 3 is 1.53 bits per heavy atom. The summed E-state index contributed by atoms with van der Waals surface area (Å²) < 4.78 is 0. The molecule has 0 unspecified atom stereocenters. The van der Waals surface area contributed by atoms with Crippen molar-refractivity contribution >= 4 is 76.7 Å². The zero-order chi connectivity index (χ0) is 39.9. The number of fused-ring (bicyclic) bond motifs is 5. The van der Waals surface area contributed by atoms with Crippen LogP contribution in [0.3, 0.4) is 0 Å². The van der Waals surface area contributed by atoms with Crippen molar-refractivity contribution < 1.29 is 0 Å². The molecule has 0 bridgehead atoms. The molecule has 0 amide bonds. The summed E-state index contributed by atoms with van der Waals surface area (Å²) in [5.41, 5.74) is 17.0. The molecule has 0 saturated carbocycles. The molecule has 0 atom stereocenters. The summed E-state index contributed by atoms with van der Waals surface area (Å²) in [6.45, 7) is 0. The first-order valence-corrected chi connectivity index (χ1v) is 19.7. The summed E-state index contributed by atoms with van der Waals surface area (Å²) >= 11 is 0. The number of hydrogen-bond acceptors (Lipinski definition) is 4. The van der Waals surface area contributed by atoms with Crippen molar-refractivity contribution in [3.8, 4) is 33.4 Å². The number of nitrogens with zero attached hydrogens (tertiary/aromatic N) is 1. The van der Waals surface area contributed by atoms with Crippen molar-refractivity contribution in [2.24, 2.45) is 0 Å². The lowest BCUT2D eigenvalue weighted by Crippen LogP contribution is -2.09. The van der Waals surface area contributed by atoms with Gasteiger partial charge < -0.3 is 5.73 Å². The molecule has 0 radical (unpaired) electrons. The predicted molar refractivity (Wildman–Crippen MR) is 251 cm³/mol. The van der Waals surface area contributed by atoms with Crippen LogP contribution in [0.1, 0.15) is 5.56 Å².